The van der Waals surface area contributed by atoms with Crippen molar-refractivity contribution in [3.8, 4) is 5.75 Å². The number of hydrogen-bond acceptors (Lipinski definition) is 4. The highest BCUT2D eigenvalue weighted by molar-refractivity contribution is 5.28. The first-order valence-electron chi connectivity index (χ1n) is 6.67. The molecule has 0 amide bonds. The summed E-state index contributed by atoms with van der Waals surface area (Å²) in [5, 5.41) is 9.29. The summed E-state index contributed by atoms with van der Waals surface area (Å²) in [5.41, 5.74) is 0.975. The molecule has 1 heterocycles. The topological polar surface area (TPSA) is 47.9 Å². The standard InChI is InChI=1S/C15H22O4/c1-10(8-16)14-11(2)9-18-15(19-14)12-4-6-13(17-3)7-5-12/h4-7,10-11,14-16H,8-9H2,1-3H3/t10-,11-,14-,15?/m0/s1. The highest BCUT2D eigenvalue weighted by Gasteiger charge is 2.33. The van der Waals surface area contributed by atoms with Gasteiger partial charge in [0.15, 0.2) is 6.29 Å². The predicted octanol–water partition coefficient (Wildman–Crippen LogP) is 2.37. The molecule has 4 atom stereocenters. The van der Waals surface area contributed by atoms with Crippen LogP contribution in [0.5, 0.6) is 5.75 Å². The summed E-state index contributed by atoms with van der Waals surface area (Å²) in [4.78, 5) is 0. The molecule has 4 nitrogen and oxygen atoms in total. The smallest absolute Gasteiger partial charge is 0.184 e. The normalized spacial score (nSPS) is 28.9. The minimum Gasteiger partial charge on any atom is -0.497 e. The molecule has 0 spiro atoms. The van der Waals surface area contributed by atoms with Crippen LogP contribution in [0.4, 0.5) is 0 Å². The van der Waals surface area contributed by atoms with Crippen molar-refractivity contribution >= 4 is 0 Å². The van der Waals surface area contributed by atoms with E-state index in [2.05, 4.69) is 6.92 Å². The van der Waals surface area contributed by atoms with Crippen molar-refractivity contribution in [3.63, 3.8) is 0 Å². The molecular weight excluding hydrogens is 244 g/mol. The predicted molar refractivity (Wildman–Crippen MR) is 72.0 cm³/mol. The van der Waals surface area contributed by atoms with Gasteiger partial charge in [0.05, 0.1) is 19.8 Å². The molecule has 0 radical (unpaired) electrons. The summed E-state index contributed by atoms with van der Waals surface area (Å²) >= 11 is 0. The zero-order valence-corrected chi connectivity index (χ0v) is 11.7. The van der Waals surface area contributed by atoms with E-state index in [4.69, 9.17) is 14.2 Å². The third kappa shape index (κ3) is 3.26. The number of aliphatic hydroxyl groups excluding tert-OH is 1. The van der Waals surface area contributed by atoms with E-state index in [0.717, 1.165) is 11.3 Å². The molecule has 1 aliphatic heterocycles. The van der Waals surface area contributed by atoms with Gasteiger partial charge in [0.25, 0.3) is 0 Å². The van der Waals surface area contributed by atoms with Crippen LogP contribution in [0.1, 0.15) is 25.7 Å². The zero-order valence-electron chi connectivity index (χ0n) is 11.7. The van der Waals surface area contributed by atoms with Gasteiger partial charge >= 0.3 is 0 Å². The summed E-state index contributed by atoms with van der Waals surface area (Å²) < 4.78 is 16.9. The first-order valence-corrected chi connectivity index (χ1v) is 6.67. The van der Waals surface area contributed by atoms with Crippen molar-refractivity contribution in [1.29, 1.82) is 0 Å². The molecule has 1 unspecified atom stereocenters. The SMILES string of the molecule is COc1ccc(C2OC[C@H](C)[C@H]([C@@H](C)CO)O2)cc1. The Hall–Kier alpha value is -1.10. The maximum Gasteiger partial charge on any atom is 0.184 e. The molecule has 4 heteroatoms. The number of aliphatic hydroxyl groups is 1. The fourth-order valence-electron chi connectivity index (χ4n) is 2.38. The van der Waals surface area contributed by atoms with Crippen LogP contribution in [0.15, 0.2) is 24.3 Å². The Labute approximate surface area is 114 Å². The molecule has 0 bridgehead atoms. The second-order valence-electron chi connectivity index (χ2n) is 5.18. The lowest BCUT2D eigenvalue weighted by atomic mass is 9.93. The van der Waals surface area contributed by atoms with Crippen LogP contribution in [0, 0.1) is 11.8 Å². The summed E-state index contributed by atoms with van der Waals surface area (Å²) in [6.07, 6.45) is -0.341. The van der Waals surface area contributed by atoms with Crippen molar-refractivity contribution in [2.75, 3.05) is 20.3 Å². The Morgan fingerprint density at radius 3 is 2.63 bits per heavy atom. The average Bonchev–Trinajstić information content (AvgIpc) is 2.47. The molecule has 0 aliphatic carbocycles. The molecule has 19 heavy (non-hydrogen) atoms. The van der Waals surface area contributed by atoms with Gasteiger partial charge in [0.1, 0.15) is 5.75 Å². The molecule has 1 N–H and O–H groups in total. The van der Waals surface area contributed by atoms with Crippen molar-refractivity contribution in [1.82, 2.24) is 0 Å². The maximum absolute atomic E-state index is 9.29. The van der Waals surface area contributed by atoms with E-state index >= 15 is 0 Å². The van der Waals surface area contributed by atoms with E-state index < -0.39 is 0 Å². The quantitative estimate of drug-likeness (QED) is 0.909. The Bertz CT molecular complexity index is 386. The molecule has 0 aromatic heterocycles. The maximum atomic E-state index is 9.29. The minimum absolute atomic E-state index is 0.0193. The van der Waals surface area contributed by atoms with Gasteiger partial charge < -0.3 is 19.3 Å². The Morgan fingerprint density at radius 1 is 1.37 bits per heavy atom. The van der Waals surface area contributed by atoms with Crippen LogP contribution in [0.2, 0.25) is 0 Å². The average molecular weight is 266 g/mol. The molecule has 2 rings (SSSR count). The first kappa shape index (κ1) is 14.3. The van der Waals surface area contributed by atoms with Gasteiger partial charge in [0.2, 0.25) is 0 Å². The Balaban J connectivity index is 2.08. The number of ether oxygens (including phenoxy) is 3. The Morgan fingerprint density at radius 2 is 2.05 bits per heavy atom. The number of methoxy groups -OCH3 is 1. The number of hydrogen-bond donors (Lipinski definition) is 1. The molecule has 106 valence electrons. The highest BCUT2D eigenvalue weighted by Crippen LogP contribution is 2.32. The van der Waals surface area contributed by atoms with E-state index in [1.807, 2.05) is 31.2 Å². The molecule has 1 aliphatic rings. The van der Waals surface area contributed by atoms with Crippen LogP contribution in [0.25, 0.3) is 0 Å². The van der Waals surface area contributed by atoms with E-state index in [1.165, 1.54) is 0 Å². The van der Waals surface area contributed by atoms with Crippen molar-refractivity contribution in [2.24, 2.45) is 11.8 Å². The van der Waals surface area contributed by atoms with Gasteiger partial charge in [-0.25, -0.2) is 0 Å². The van der Waals surface area contributed by atoms with Crippen LogP contribution >= 0.6 is 0 Å². The van der Waals surface area contributed by atoms with E-state index in [0.29, 0.717) is 6.61 Å². The lowest BCUT2D eigenvalue weighted by Crippen LogP contribution is -2.40. The second-order valence-corrected chi connectivity index (χ2v) is 5.18. The van der Waals surface area contributed by atoms with Gasteiger partial charge in [-0.3, -0.25) is 0 Å². The van der Waals surface area contributed by atoms with Crippen molar-refractivity contribution < 1.29 is 19.3 Å². The zero-order chi connectivity index (χ0) is 13.8. The summed E-state index contributed by atoms with van der Waals surface area (Å²) in [7, 11) is 1.64. The molecule has 1 aromatic rings. The minimum atomic E-state index is -0.360. The largest absolute Gasteiger partial charge is 0.497 e. The van der Waals surface area contributed by atoms with Crippen LogP contribution < -0.4 is 4.74 Å². The Kier molecular flexibility index (Phi) is 4.80. The van der Waals surface area contributed by atoms with E-state index in [1.54, 1.807) is 7.11 Å². The van der Waals surface area contributed by atoms with Gasteiger partial charge in [-0.05, 0) is 12.1 Å². The van der Waals surface area contributed by atoms with Crippen LogP contribution in [0.3, 0.4) is 0 Å². The fraction of sp³-hybridized carbons (Fsp3) is 0.600. The van der Waals surface area contributed by atoms with E-state index in [-0.39, 0.29) is 30.8 Å². The second kappa shape index (κ2) is 6.37. The monoisotopic (exact) mass is 266 g/mol. The molecule has 1 aromatic carbocycles. The molecular formula is C15H22O4. The van der Waals surface area contributed by atoms with E-state index in [9.17, 15) is 5.11 Å². The van der Waals surface area contributed by atoms with Crippen LogP contribution in [-0.2, 0) is 9.47 Å². The molecule has 0 saturated carbocycles. The molecule has 1 saturated heterocycles. The number of rotatable bonds is 4. The fourth-order valence-corrected chi connectivity index (χ4v) is 2.38. The van der Waals surface area contributed by atoms with Gasteiger partial charge in [-0.2, -0.15) is 0 Å². The van der Waals surface area contributed by atoms with Crippen molar-refractivity contribution in [2.45, 2.75) is 26.2 Å². The summed E-state index contributed by atoms with van der Waals surface area (Å²) in [6.45, 7) is 4.86. The highest BCUT2D eigenvalue weighted by atomic mass is 16.7. The summed E-state index contributed by atoms with van der Waals surface area (Å²) in [6, 6.07) is 7.68. The van der Waals surface area contributed by atoms with Crippen molar-refractivity contribution in [3.05, 3.63) is 29.8 Å². The van der Waals surface area contributed by atoms with Gasteiger partial charge in [0, 0.05) is 24.0 Å². The van der Waals surface area contributed by atoms with Gasteiger partial charge in [-0.15, -0.1) is 0 Å². The number of benzene rings is 1. The third-order valence-corrected chi connectivity index (χ3v) is 3.59. The first-order chi connectivity index (χ1) is 9.15. The summed E-state index contributed by atoms with van der Waals surface area (Å²) in [5.74, 6) is 1.21. The third-order valence-electron chi connectivity index (χ3n) is 3.59. The van der Waals surface area contributed by atoms with Crippen LogP contribution in [-0.4, -0.2) is 31.5 Å². The lowest BCUT2D eigenvalue weighted by Gasteiger charge is -2.37. The van der Waals surface area contributed by atoms with Gasteiger partial charge in [-0.1, -0.05) is 26.0 Å². The lowest BCUT2D eigenvalue weighted by molar-refractivity contribution is -0.251. The molecule has 1 fully saturated rings.